The Labute approximate surface area is 188 Å². The van der Waals surface area contributed by atoms with Gasteiger partial charge in [-0.2, -0.15) is 0 Å². The van der Waals surface area contributed by atoms with Crippen molar-refractivity contribution in [2.45, 2.75) is 30.8 Å². The minimum atomic E-state index is -2.79. The number of nitrogens with two attached hydrogens (primary N) is 1. The van der Waals surface area contributed by atoms with E-state index in [0.29, 0.717) is 18.1 Å². The number of likely N-dealkylation sites (tertiary alicyclic amines) is 1. The molecule has 5 rings (SSSR count). The van der Waals surface area contributed by atoms with Crippen molar-refractivity contribution in [2.24, 2.45) is 11.1 Å². The van der Waals surface area contributed by atoms with Crippen LogP contribution in [0.3, 0.4) is 0 Å². The van der Waals surface area contributed by atoms with Crippen LogP contribution < -0.4 is 20.7 Å². The minimum absolute atomic E-state index is 0.164. The molecule has 1 spiro atoms. The second-order valence-corrected chi connectivity index (χ2v) is 11.4. The predicted molar refractivity (Wildman–Crippen MR) is 124 cm³/mol. The lowest BCUT2D eigenvalue weighted by Crippen LogP contribution is -2.67. The topological polar surface area (TPSA) is 114 Å². The van der Waals surface area contributed by atoms with Crippen LogP contribution in [0.4, 0.5) is 5.69 Å². The predicted octanol–water partition coefficient (Wildman–Crippen LogP) is 2.58. The minimum Gasteiger partial charge on any atom is -0.356 e. The number of benzene rings is 1. The smallest absolute Gasteiger partial charge is 0.226 e. The molecule has 0 saturated carbocycles. The molecule has 0 aliphatic carbocycles. The number of carbonyl (C=O) groups is 1. The second-order valence-electron chi connectivity index (χ2n) is 8.89. The van der Waals surface area contributed by atoms with Crippen LogP contribution in [0.5, 0.6) is 0 Å². The summed E-state index contributed by atoms with van der Waals surface area (Å²) >= 11 is 6.70. The van der Waals surface area contributed by atoms with Gasteiger partial charge in [0.2, 0.25) is 5.91 Å². The Bertz CT molecular complexity index is 1000. The molecule has 8 nitrogen and oxygen atoms in total. The van der Waals surface area contributed by atoms with Crippen molar-refractivity contribution < 1.29 is 13.9 Å². The first kappa shape index (κ1) is 21.1. The van der Waals surface area contributed by atoms with E-state index in [4.69, 9.17) is 17.3 Å². The number of allylic oxidation sites excluding steroid dienone is 2. The van der Waals surface area contributed by atoms with Crippen molar-refractivity contribution >= 4 is 39.5 Å². The van der Waals surface area contributed by atoms with E-state index in [0.717, 1.165) is 48.2 Å². The second kappa shape index (κ2) is 7.13. The van der Waals surface area contributed by atoms with Crippen LogP contribution in [0.25, 0.3) is 5.57 Å². The quantitative estimate of drug-likeness (QED) is 0.456. The molecule has 31 heavy (non-hydrogen) atoms. The van der Waals surface area contributed by atoms with Crippen molar-refractivity contribution in [1.29, 1.82) is 0 Å². The van der Waals surface area contributed by atoms with Gasteiger partial charge in [-0.1, -0.05) is 17.7 Å². The van der Waals surface area contributed by atoms with Gasteiger partial charge in [0.05, 0.1) is 21.9 Å². The number of hydrogen-bond donors (Lipinski definition) is 5. The lowest BCUT2D eigenvalue weighted by molar-refractivity contribution is -0.131. The number of nitrogens with zero attached hydrogens (tertiary/aromatic N) is 2. The highest BCUT2D eigenvalue weighted by Crippen LogP contribution is 2.56. The van der Waals surface area contributed by atoms with E-state index < -0.39 is 16.6 Å². The maximum absolute atomic E-state index is 12.3. The fraction of sp³-hybridized carbons (Fsp3) is 0.476. The number of nitrogens with one attached hydrogen (secondary N) is 2. The number of piperidine rings is 1. The summed E-state index contributed by atoms with van der Waals surface area (Å²) in [4.78, 5) is 14.4. The molecule has 1 unspecified atom stereocenters. The largest absolute Gasteiger partial charge is 0.356 e. The van der Waals surface area contributed by atoms with Gasteiger partial charge < -0.3 is 10.6 Å². The molecular formula is C21H28ClN5O3S. The van der Waals surface area contributed by atoms with Crippen molar-refractivity contribution in [3.63, 3.8) is 0 Å². The third kappa shape index (κ3) is 3.26. The van der Waals surface area contributed by atoms with Gasteiger partial charge in [-0.15, -0.1) is 10.8 Å². The first-order valence-electron chi connectivity index (χ1n) is 10.5. The van der Waals surface area contributed by atoms with Crippen LogP contribution in [0.2, 0.25) is 0 Å². The number of hydrogen-bond acceptors (Lipinski definition) is 7. The number of amides is 1. The third-order valence-electron chi connectivity index (χ3n) is 7.22. The third-order valence-corrected chi connectivity index (χ3v) is 9.39. The standard InChI is InChI=1S/C21H28ClN5O3S/c1-26-17-3-2-14(10-16(17)13-31(26,29)30)15-11-18(22)21(23,25-12-15)27-8-5-20(6-9-27)4-7-24-19(20)28/h2-3,10-12,25,29-30H,4-9,13,23H2,1H3,(H,24,28). The van der Waals surface area contributed by atoms with E-state index in [1.807, 2.05) is 30.5 Å². The lowest BCUT2D eigenvalue weighted by atomic mass is 9.77. The molecule has 2 fully saturated rings. The van der Waals surface area contributed by atoms with Gasteiger partial charge in [0.15, 0.2) is 5.79 Å². The first-order valence-corrected chi connectivity index (χ1v) is 12.5. The van der Waals surface area contributed by atoms with E-state index in [-0.39, 0.29) is 17.1 Å². The average molecular weight is 466 g/mol. The summed E-state index contributed by atoms with van der Waals surface area (Å²) in [5.74, 6) is -0.624. The average Bonchev–Trinajstić information content (AvgIpc) is 3.20. The van der Waals surface area contributed by atoms with Gasteiger partial charge >= 0.3 is 0 Å². The number of fused-ring (bicyclic) bond motifs is 1. The number of rotatable bonds is 2. The molecule has 1 aromatic carbocycles. The van der Waals surface area contributed by atoms with Crippen LogP contribution in [0.1, 0.15) is 30.4 Å². The first-order chi connectivity index (χ1) is 14.6. The van der Waals surface area contributed by atoms with Gasteiger partial charge in [0.1, 0.15) is 0 Å². The zero-order chi connectivity index (χ0) is 22.0. The number of halogens is 1. The molecular weight excluding hydrogens is 438 g/mol. The summed E-state index contributed by atoms with van der Waals surface area (Å²) < 4.78 is 21.9. The molecule has 0 radical (unpaired) electrons. The summed E-state index contributed by atoms with van der Waals surface area (Å²) in [6.45, 7) is 2.13. The normalized spacial score (nSPS) is 30.4. The molecule has 1 atom stereocenters. The van der Waals surface area contributed by atoms with Crippen LogP contribution in [0, 0.1) is 5.41 Å². The van der Waals surface area contributed by atoms with Gasteiger partial charge in [-0.25, -0.2) is 0 Å². The molecule has 6 N–H and O–H groups in total. The fourth-order valence-corrected chi connectivity index (χ4v) is 6.71. The van der Waals surface area contributed by atoms with Crippen LogP contribution in [0.15, 0.2) is 35.5 Å². The van der Waals surface area contributed by atoms with E-state index in [1.54, 1.807) is 11.4 Å². The van der Waals surface area contributed by atoms with E-state index in [2.05, 4.69) is 15.5 Å². The number of anilines is 1. The molecule has 2 saturated heterocycles. The fourth-order valence-electron chi connectivity index (χ4n) is 5.09. The Kier molecular flexibility index (Phi) is 4.85. The highest BCUT2D eigenvalue weighted by molar-refractivity contribution is 8.25. The summed E-state index contributed by atoms with van der Waals surface area (Å²) in [6.07, 6.45) is 6.15. The molecule has 1 aromatic rings. The molecule has 0 bridgehead atoms. The summed E-state index contributed by atoms with van der Waals surface area (Å²) in [6, 6.07) is 5.81. The summed E-state index contributed by atoms with van der Waals surface area (Å²) in [7, 11) is -1.09. The number of dihydropyridines is 1. The van der Waals surface area contributed by atoms with Crippen LogP contribution >= 0.6 is 22.4 Å². The molecule has 4 aliphatic heterocycles. The van der Waals surface area contributed by atoms with Crippen molar-refractivity contribution in [2.75, 3.05) is 31.0 Å². The molecule has 0 aromatic heterocycles. The zero-order valence-electron chi connectivity index (χ0n) is 17.4. The molecule has 1 amide bonds. The Balaban J connectivity index is 1.33. The maximum Gasteiger partial charge on any atom is 0.226 e. The molecule has 168 valence electrons. The number of carbonyl (C=O) groups excluding carboxylic acids is 1. The van der Waals surface area contributed by atoms with Crippen LogP contribution in [-0.4, -0.2) is 52.4 Å². The van der Waals surface area contributed by atoms with Gasteiger partial charge in [-0.05, 0) is 54.2 Å². The van der Waals surface area contributed by atoms with E-state index >= 15 is 0 Å². The SMILES string of the molecule is CN1c2ccc(C3=CNC(N)(N4CCC5(CCNC5=O)CC4)C(Cl)=C3)cc2CS1(O)O. The zero-order valence-corrected chi connectivity index (χ0v) is 19.0. The monoisotopic (exact) mass is 465 g/mol. The van der Waals surface area contributed by atoms with Gasteiger partial charge in [0.25, 0.3) is 0 Å². The van der Waals surface area contributed by atoms with E-state index in [9.17, 15) is 13.9 Å². The maximum atomic E-state index is 12.3. The van der Waals surface area contributed by atoms with Gasteiger partial charge in [-0.3, -0.25) is 28.8 Å². The highest BCUT2D eigenvalue weighted by Gasteiger charge is 2.48. The molecule has 4 aliphatic rings. The van der Waals surface area contributed by atoms with Crippen molar-refractivity contribution in [3.05, 3.63) is 46.6 Å². The molecule has 4 heterocycles. The summed E-state index contributed by atoms with van der Waals surface area (Å²) in [5.41, 5.74) is 9.96. The Hall–Kier alpha value is -1.75. The van der Waals surface area contributed by atoms with Crippen molar-refractivity contribution in [3.8, 4) is 0 Å². The Morgan fingerprint density at radius 3 is 2.61 bits per heavy atom. The van der Waals surface area contributed by atoms with Crippen LogP contribution in [-0.2, 0) is 10.5 Å². The van der Waals surface area contributed by atoms with E-state index in [1.165, 1.54) is 0 Å². The van der Waals surface area contributed by atoms with Crippen molar-refractivity contribution in [1.82, 2.24) is 15.5 Å². The Morgan fingerprint density at radius 2 is 1.97 bits per heavy atom. The lowest BCUT2D eigenvalue weighted by Gasteiger charge is -2.47. The highest BCUT2D eigenvalue weighted by atomic mass is 35.5. The summed E-state index contributed by atoms with van der Waals surface area (Å²) in [5, 5.41) is 6.73. The van der Waals surface area contributed by atoms with Gasteiger partial charge in [0, 0.05) is 32.9 Å². The molecule has 10 heteroatoms. The Morgan fingerprint density at radius 1 is 1.23 bits per heavy atom.